The molecule has 0 aliphatic rings. The standard InChI is InChI=1S/C16H14N4O3/c21-13-5-1-4-12(9-13)18-14(22)6-7-15-19-16(20-23-15)11-3-2-8-17-10-11/h1-5,8-10,21H,6-7H2,(H,18,22). The van der Waals surface area contributed by atoms with Crippen LogP contribution in [0.5, 0.6) is 5.75 Å². The minimum absolute atomic E-state index is 0.0980. The molecule has 0 spiro atoms. The Morgan fingerprint density at radius 1 is 1.26 bits per heavy atom. The lowest BCUT2D eigenvalue weighted by Crippen LogP contribution is -2.12. The maximum Gasteiger partial charge on any atom is 0.227 e. The van der Waals surface area contributed by atoms with Crippen molar-refractivity contribution < 1.29 is 14.4 Å². The number of carbonyl (C=O) groups excluding carboxylic acids is 1. The van der Waals surface area contributed by atoms with Crippen LogP contribution >= 0.6 is 0 Å². The van der Waals surface area contributed by atoms with Crippen molar-refractivity contribution in [1.82, 2.24) is 15.1 Å². The van der Waals surface area contributed by atoms with Crippen LogP contribution in [-0.4, -0.2) is 26.1 Å². The second-order valence-electron chi connectivity index (χ2n) is 4.85. The molecule has 0 fully saturated rings. The first kappa shape index (κ1) is 14.7. The molecule has 2 heterocycles. The Balaban J connectivity index is 1.56. The average molecular weight is 310 g/mol. The van der Waals surface area contributed by atoms with Crippen LogP contribution in [0.4, 0.5) is 5.69 Å². The van der Waals surface area contributed by atoms with Crippen molar-refractivity contribution in [2.24, 2.45) is 0 Å². The van der Waals surface area contributed by atoms with E-state index in [0.717, 1.165) is 5.56 Å². The van der Waals surface area contributed by atoms with Crippen LogP contribution in [0, 0.1) is 0 Å². The maximum absolute atomic E-state index is 11.9. The second-order valence-corrected chi connectivity index (χ2v) is 4.85. The number of hydrogen-bond donors (Lipinski definition) is 2. The number of aromatic hydroxyl groups is 1. The number of aryl methyl sites for hydroxylation is 1. The van der Waals surface area contributed by atoms with E-state index in [0.29, 0.717) is 23.8 Å². The van der Waals surface area contributed by atoms with Crippen LogP contribution in [-0.2, 0) is 11.2 Å². The molecular weight excluding hydrogens is 296 g/mol. The second kappa shape index (κ2) is 6.69. The van der Waals surface area contributed by atoms with E-state index in [2.05, 4.69) is 20.4 Å². The monoisotopic (exact) mass is 310 g/mol. The van der Waals surface area contributed by atoms with Gasteiger partial charge < -0.3 is 14.9 Å². The van der Waals surface area contributed by atoms with Gasteiger partial charge in [0.05, 0.1) is 0 Å². The number of nitrogens with zero attached hydrogens (tertiary/aromatic N) is 3. The molecule has 2 N–H and O–H groups in total. The first-order valence-electron chi connectivity index (χ1n) is 7.02. The fraction of sp³-hybridized carbons (Fsp3) is 0.125. The van der Waals surface area contributed by atoms with Gasteiger partial charge in [-0.1, -0.05) is 11.2 Å². The predicted molar refractivity (Wildman–Crippen MR) is 82.6 cm³/mol. The quantitative estimate of drug-likeness (QED) is 0.750. The van der Waals surface area contributed by atoms with Crippen molar-refractivity contribution in [2.75, 3.05) is 5.32 Å². The van der Waals surface area contributed by atoms with Crippen molar-refractivity contribution in [3.63, 3.8) is 0 Å². The highest BCUT2D eigenvalue weighted by molar-refractivity contribution is 5.90. The summed E-state index contributed by atoms with van der Waals surface area (Å²) in [5.74, 6) is 0.731. The third-order valence-corrected chi connectivity index (χ3v) is 3.08. The summed E-state index contributed by atoms with van der Waals surface area (Å²) in [4.78, 5) is 20.1. The van der Waals surface area contributed by atoms with Crippen molar-refractivity contribution >= 4 is 11.6 Å². The Hall–Kier alpha value is -3.22. The number of rotatable bonds is 5. The number of hydrogen-bond acceptors (Lipinski definition) is 6. The van der Waals surface area contributed by atoms with Crippen LogP contribution in [0.1, 0.15) is 12.3 Å². The van der Waals surface area contributed by atoms with E-state index >= 15 is 0 Å². The first-order chi connectivity index (χ1) is 11.2. The fourth-order valence-corrected chi connectivity index (χ4v) is 2.00. The van der Waals surface area contributed by atoms with Gasteiger partial charge in [0.2, 0.25) is 17.6 Å². The highest BCUT2D eigenvalue weighted by Gasteiger charge is 2.11. The molecule has 3 rings (SSSR count). The Morgan fingerprint density at radius 3 is 2.96 bits per heavy atom. The summed E-state index contributed by atoms with van der Waals surface area (Å²) in [6.07, 6.45) is 3.83. The van der Waals surface area contributed by atoms with Crippen molar-refractivity contribution in [3.8, 4) is 17.1 Å². The molecule has 0 saturated carbocycles. The summed E-state index contributed by atoms with van der Waals surface area (Å²) in [7, 11) is 0. The molecular formula is C16H14N4O3. The SMILES string of the molecule is O=C(CCc1nc(-c2cccnc2)no1)Nc1cccc(O)c1. The summed E-state index contributed by atoms with van der Waals surface area (Å²) in [6, 6.07) is 9.98. The molecule has 7 heteroatoms. The summed E-state index contributed by atoms with van der Waals surface area (Å²) >= 11 is 0. The van der Waals surface area contributed by atoms with E-state index in [1.807, 2.05) is 6.07 Å². The number of aromatic nitrogens is 3. The van der Waals surface area contributed by atoms with Gasteiger partial charge in [-0.05, 0) is 24.3 Å². The zero-order valence-corrected chi connectivity index (χ0v) is 12.1. The van der Waals surface area contributed by atoms with Crippen LogP contribution in [0.2, 0.25) is 0 Å². The number of anilines is 1. The third kappa shape index (κ3) is 3.91. The Morgan fingerprint density at radius 2 is 2.17 bits per heavy atom. The average Bonchev–Trinajstić information content (AvgIpc) is 3.03. The van der Waals surface area contributed by atoms with Gasteiger partial charge >= 0.3 is 0 Å². The molecule has 7 nitrogen and oxygen atoms in total. The highest BCUT2D eigenvalue weighted by atomic mass is 16.5. The van der Waals surface area contributed by atoms with Gasteiger partial charge in [0.15, 0.2) is 0 Å². The summed E-state index contributed by atoms with van der Waals surface area (Å²) in [5.41, 5.74) is 1.29. The van der Waals surface area contributed by atoms with Crippen LogP contribution in [0.3, 0.4) is 0 Å². The van der Waals surface area contributed by atoms with E-state index in [-0.39, 0.29) is 18.1 Å². The molecule has 3 aromatic rings. The third-order valence-electron chi connectivity index (χ3n) is 3.08. The van der Waals surface area contributed by atoms with Crippen molar-refractivity contribution in [1.29, 1.82) is 0 Å². The molecule has 0 radical (unpaired) electrons. The van der Waals surface area contributed by atoms with E-state index in [9.17, 15) is 9.90 Å². The van der Waals surface area contributed by atoms with Gasteiger partial charge in [-0.25, -0.2) is 0 Å². The van der Waals surface area contributed by atoms with Crippen LogP contribution in [0.15, 0.2) is 53.3 Å². The van der Waals surface area contributed by atoms with Gasteiger partial charge in [-0.15, -0.1) is 0 Å². The van der Waals surface area contributed by atoms with Crippen LogP contribution in [0.25, 0.3) is 11.4 Å². The summed E-state index contributed by atoms with van der Waals surface area (Å²) < 4.78 is 5.13. The summed E-state index contributed by atoms with van der Waals surface area (Å²) in [6.45, 7) is 0. The number of amides is 1. The molecule has 2 aromatic heterocycles. The highest BCUT2D eigenvalue weighted by Crippen LogP contribution is 2.17. The number of carbonyl (C=O) groups is 1. The Labute approximate surface area is 132 Å². The van der Waals surface area contributed by atoms with Gasteiger partial charge in [-0.3, -0.25) is 9.78 Å². The molecule has 0 atom stereocenters. The van der Waals surface area contributed by atoms with Crippen LogP contribution < -0.4 is 5.32 Å². The Kier molecular flexibility index (Phi) is 4.28. The molecule has 0 aliphatic carbocycles. The predicted octanol–water partition coefficient (Wildman–Crippen LogP) is 2.41. The topological polar surface area (TPSA) is 101 Å². The van der Waals surface area contributed by atoms with E-state index < -0.39 is 0 Å². The maximum atomic E-state index is 11.9. The Bertz CT molecular complexity index is 802. The number of nitrogens with one attached hydrogen (secondary N) is 1. The van der Waals surface area contributed by atoms with Gasteiger partial charge in [0.25, 0.3) is 0 Å². The number of benzene rings is 1. The normalized spacial score (nSPS) is 10.4. The fourth-order valence-electron chi connectivity index (χ4n) is 2.00. The van der Waals surface area contributed by atoms with E-state index in [4.69, 9.17) is 4.52 Å². The lowest BCUT2D eigenvalue weighted by molar-refractivity contribution is -0.116. The molecule has 0 bridgehead atoms. The minimum Gasteiger partial charge on any atom is -0.508 e. The number of pyridine rings is 1. The zero-order valence-electron chi connectivity index (χ0n) is 12.1. The number of phenols is 1. The largest absolute Gasteiger partial charge is 0.508 e. The molecule has 116 valence electrons. The van der Waals surface area contributed by atoms with E-state index in [1.165, 1.54) is 12.1 Å². The van der Waals surface area contributed by atoms with Gasteiger partial charge in [-0.2, -0.15) is 4.98 Å². The molecule has 0 saturated heterocycles. The molecule has 1 amide bonds. The smallest absolute Gasteiger partial charge is 0.227 e. The lowest BCUT2D eigenvalue weighted by Gasteiger charge is -2.04. The van der Waals surface area contributed by atoms with Gasteiger partial charge in [0, 0.05) is 42.6 Å². The minimum atomic E-state index is -0.197. The van der Waals surface area contributed by atoms with Crippen molar-refractivity contribution in [3.05, 3.63) is 54.7 Å². The zero-order chi connectivity index (χ0) is 16.1. The molecule has 1 aromatic carbocycles. The summed E-state index contributed by atoms with van der Waals surface area (Å²) in [5, 5.41) is 15.9. The number of phenolic OH excluding ortho intramolecular Hbond substituents is 1. The first-order valence-corrected chi connectivity index (χ1v) is 7.02. The van der Waals surface area contributed by atoms with Crippen molar-refractivity contribution in [2.45, 2.75) is 12.8 Å². The van der Waals surface area contributed by atoms with E-state index in [1.54, 1.807) is 30.6 Å². The lowest BCUT2D eigenvalue weighted by atomic mass is 10.2. The molecule has 0 aliphatic heterocycles. The van der Waals surface area contributed by atoms with Gasteiger partial charge in [0.1, 0.15) is 5.75 Å². The molecule has 0 unspecified atom stereocenters. The molecule has 23 heavy (non-hydrogen) atoms.